The molecule has 0 saturated heterocycles. The van der Waals surface area contributed by atoms with Gasteiger partial charge in [-0.3, -0.25) is 9.59 Å². The SMILES string of the molecule is CC(=O)OC1C(O)CC2(C)C(CCC3(C)C2CC=C2C4C(C(=O)O)(CCC(C)C4(C)O)CCC23C)C1(C)CO. The van der Waals surface area contributed by atoms with E-state index >= 15 is 0 Å². The molecule has 0 spiro atoms. The highest BCUT2D eigenvalue weighted by Gasteiger charge is 2.72. The maximum absolute atomic E-state index is 12.9. The van der Waals surface area contributed by atoms with Crippen molar-refractivity contribution >= 4 is 11.9 Å². The van der Waals surface area contributed by atoms with Crippen LogP contribution in [0.5, 0.6) is 0 Å². The molecule has 12 atom stereocenters. The molecule has 0 aromatic heterocycles. The third kappa shape index (κ3) is 3.51. The Bertz CT molecular complexity index is 1080. The van der Waals surface area contributed by atoms with Crippen LogP contribution in [0, 0.1) is 50.7 Å². The van der Waals surface area contributed by atoms with E-state index in [1.54, 1.807) is 0 Å². The molecular formula is C32H50O7. The van der Waals surface area contributed by atoms with E-state index in [0.717, 1.165) is 31.3 Å². The fraction of sp³-hybridized carbons (Fsp3) is 0.875. The van der Waals surface area contributed by atoms with Crippen molar-refractivity contribution in [2.24, 2.45) is 50.7 Å². The average Bonchev–Trinajstić information content (AvgIpc) is 2.84. The number of hydrogen-bond donors (Lipinski definition) is 4. The summed E-state index contributed by atoms with van der Waals surface area (Å²) in [5.41, 5.74) is -2.46. The van der Waals surface area contributed by atoms with E-state index in [0.29, 0.717) is 25.7 Å². The zero-order valence-corrected chi connectivity index (χ0v) is 24.9. The summed E-state index contributed by atoms with van der Waals surface area (Å²) >= 11 is 0. The van der Waals surface area contributed by atoms with Crippen LogP contribution in [-0.4, -0.2) is 56.8 Å². The monoisotopic (exact) mass is 546 g/mol. The van der Waals surface area contributed by atoms with Gasteiger partial charge in [-0.1, -0.05) is 46.3 Å². The van der Waals surface area contributed by atoms with Crippen LogP contribution in [0.2, 0.25) is 0 Å². The smallest absolute Gasteiger partial charge is 0.310 e. The molecule has 4 N–H and O–H groups in total. The normalized spacial score (nSPS) is 54.8. The van der Waals surface area contributed by atoms with E-state index in [-0.39, 0.29) is 40.6 Å². The fourth-order valence-corrected chi connectivity index (χ4v) is 11.4. The molecule has 5 aliphatic rings. The highest BCUT2D eigenvalue weighted by Crippen LogP contribution is 2.76. The molecule has 220 valence electrons. The van der Waals surface area contributed by atoms with Crippen molar-refractivity contribution in [1.29, 1.82) is 0 Å². The number of carbonyl (C=O) groups excluding carboxylic acids is 1. The predicted octanol–water partition coefficient (Wildman–Crippen LogP) is 4.72. The lowest BCUT2D eigenvalue weighted by Crippen LogP contribution is -2.69. The number of aliphatic carboxylic acids is 1. The molecule has 5 aliphatic carbocycles. The Kier molecular flexibility index (Phi) is 6.54. The molecule has 0 heterocycles. The van der Waals surface area contributed by atoms with Crippen LogP contribution in [0.1, 0.15) is 99.8 Å². The van der Waals surface area contributed by atoms with Crippen LogP contribution in [-0.2, 0) is 14.3 Å². The second-order valence-corrected chi connectivity index (χ2v) is 15.3. The van der Waals surface area contributed by atoms with Crippen molar-refractivity contribution in [2.45, 2.75) is 118 Å². The molecular weight excluding hydrogens is 496 g/mol. The number of carboxylic acids is 1. The van der Waals surface area contributed by atoms with Gasteiger partial charge in [-0.25, -0.2) is 0 Å². The van der Waals surface area contributed by atoms with Crippen molar-refractivity contribution in [3.8, 4) is 0 Å². The van der Waals surface area contributed by atoms with Gasteiger partial charge in [-0.2, -0.15) is 0 Å². The highest BCUT2D eigenvalue weighted by atomic mass is 16.6. The third-order valence-corrected chi connectivity index (χ3v) is 13.8. The molecule has 4 fully saturated rings. The van der Waals surface area contributed by atoms with Gasteiger partial charge in [0.15, 0.2) is 0 Å². The largest absolute Gasteiger partial charge is 0.481 e. The first-order valence-electron chi connectivity index (χ1n) is 15.1. The van der Waals surface area contributed by atoms with Gasteiger partial charge in [0.1, 0.15) is 6.10 Å². The number of aliphatic hydroxyl groups excluding tert-OH is 2. The highest BCUT2D eigenvalue weighted by molar-refractivity contribution is 5.77. The first kappa shape index (κ1) is 29.1. The Morgan fingerprint density at radius 1 is 1.03 bits per heavy atom. The number of rotatable bonds is 3. The van der Waals surface area contributed by atoms with Crippen molar-refractivity contribution in [2.75, 3.05) is 6.61 Å². The van der Waals surface area contributed by atoms with Crippen molar-refractivity contribution in [3.05, 3.63) is 11.6 Å². The van der Waals surface area contributed by atoms with Crippen LogP contribution in [0.25, 0.3) is 0 Å². The summed E-state index contributed by atoms with van der Waals surface area (Å²) in [6.07, 6.45) is 6.22. The van der Waals surface area contributed by atoms with Crippen LogP contribution in [0.15, 0.2) is 11.6 Å². The van der Waals surface area contributed by atoms with E-state index in [1.807, 2.05) is 13.8 Å². The molecule has 0 amide bonds. The van der Waals surface area contributed by atoms with Gasteiger partial charge in [-0.05, 0) is 92.3 Å². The molecule has 7 heteroatoms. The summed E-state index contributed by atoms with van der Waals surface area (Å²) in [6, 6.07) is 0. The van der Waals surface area contributed by atoms with E-state index < -0.39 is 46.5 Å². The summed E-state index contributed by atoms with van der Waals surface area (Å²) in [6.45, 7) is 14.0. The minimum atomic E-state index is -1.11. The Morgan fingerprint density at radius 3 is 2.28 bits per heavy atom. The summed E-state index contributed by atoms with van der Waals surface area (Å²) < 4.78 is 5.65. The number of fused-ring (bicyclic) bond motifs is 7. The zero-order chi connectivity index (χ0) is 29.0. The van der Waals surface area contributed by atoms with Gasteiger partial charge in [0.25, 0.3) is 0 Å². The van der Waals surface area contributed by atoms with Crippen LogP contribution < -0.4 is 0 Å². The first-order chi connectivity index (χ1) is 18.0. The lowest BCUT2D eigenvalue weighted by Gasteiger charge is -2.72. The van der Waals surface area contributed by atoms with Gasteiger partial charge in [0.2, 0.25) is 0 Å². The minimum Gasteiger partial charge on any atom is -0.481 e. The summed E-state index contributed by atoms with van der Waals surface area (Å²) in [5.74, 6) is -1.40. The number of aliphatic hydroxyl groups is 3. The van der Waals surface area contributed by atoms with E-state index in [2.05, 4.69) is 33.8 Å². The van der Waals surface area contributed by atoms with Crippen LogP contribution in [0.4, 0.5) is 0 Å². The summed E-state index contributed by atoms with van der Waals surface area (Å²) in [5, 5.41) is 44.6. The molecule has 0 aromatic carbocycles. The topological polar surface area (TPSA) is 124 Å². The second kappa shape index (κ2) is 8.78. The molecule has 0 aliphatic heterocycles. The molecule has 39 heavy (non-hydrogen) atoms. The molecule has 0 radical (unpaired) electrons. The van der Waals surface area contributed by atoms with E-state index in [1.165, 1.54) is 6.92 Å². The quantitative estimate of drug-likeness (QED) is 0.298. The fourth-order valence-electron chi connectivity index (χ4n) is 11.4. The zero-order valence-electron chi connectivity index (χ0n) is 24.9. The van der Waals surface area contributed by atoms with Gasteiger partial charge < -0.3 is 25.2 Å². The number of carboxylic acid groups (broad SMARTS) is 1. The maximum atomic E-state index is 12.9. The number of esters is 1. The second-order valence-electron chi connectivity index (χ2n) is 15.3. The average molecular weight is 547 g/mol. The van der Waals surface area contributed by atoms with Gasteiger partial charge >= 0.3 is 11.9 Å². The Labute approximate surface area is 233 Å². The molecule has 0 bridgehead atoms. The lowest BCUT2D eigenvalue weighted by molar-refractivity contribution is -0.252. The van der Waals surface area contributed by atoms with Crippen molar-refractivity contribution < 1.29 is 34.8 Å². The van der Waals surface area contributed by atoms with Gasteiger partial charge in [0, 0.05) is 18.3 Å². The maximum Gasteiger partial charge on any atom is 0.310 e. The Balaban J connectivity index is 1.62. The standard InChI is InChI=1S/C32H50O7/c1-18-10-13-32(26(36)37)15-14-29(5)20(24(32)31(18,7)38)8-9-23-27(3)16-21(35)25(39-19(2)34)28(4,17-33)22(27)11-12-30(23,29)6/h8,18,21-25,33,35,38H,9-17H2,1-7H3,(H,36,37). The number of carbonyl (C=O) groups is 2. The molecule has 7 nitrogen and oxygen atoms in total. The molecule has 12 unspecified atom stereocenters. The van der Waals surface area contributed by atoms with E-state index in [9.17, 15) is 30.0 Å². The van der Waals surface area contributed by atoms with Gasteiger partial charge in [-0.15, -0.1) is 0 Å². The lowest BCUT2D eigenvalue weighted by atomic mass is 9.33. The number of allylic oxidation sites excluding steroid dienone is 1. The van der Waals surface area contributed by atoms with E-state index in [4.69, 9.17) is 4.74 Å². The number of hydrogen-bond acceptors (Lipinski definition) is 6. The Hall–Kier alpha value is -1.44. The third-order valence-electron chi connectivity index (χ3n) is 13.8. The van der Waals surface area contributed by atoms with Crippen molar-refractivity contribution in [3.63, 3.8) is 0 Å². The summed E-state index contributed by atoms with van der Waals surface area (Å²) in [7, 11) is 0. The number of ether oxygens (including phenoxy) is 1. The molecule has 0 aromatic rings. The van der Waals surface area contributed by atoms with Crippen LogP contribution >= 0.6 is 0 Å². The minimum absolute atomic E-state index is 0.00831. The van der Waals surface area contributed by atoms with Gasteiger partial charge in [0.05, 0.1) is 23.7 Å². The predicted molar refractivity (Wildman–Crippen MR) is 146 cm³/mol. The molecule has 5 rings (SSSR count). The molecule has 4 saturated carbocycles. The Morgan fingerprint density at radius 2 is 1.69 bits per heavy atom. The summed E-state index contributed by atoms with van der Waals surface area (Å²) in [4.78, 5) is 24.9. The van der Waals surface area contributed by atoms with Crippen molar-refractivity contribution in [1.82, 2.24) is 0 Å². The first-order valence-corrected chi connectivity index (χ1v) is 15.1. The van der Waals surface area contributed by atoms with Crippen LogP contribution in [0.3, 0.4) is 0 Å².